The molecule has 0 unspecified atom stereocenters. The monoisotopic (exact) mass is 592 g/mol. The van der Waals surface area contributed by atoms with Gasteiger partial charge in [0, 0.05) is 48.0 Å². The minimum atomic E-state index is 0.361. The summed E-state index contributed by atoms with van der Waals surface area (Å²) in [5, 5.41) is 7.56. The standard InChI is InChI=1S/C34H33ClN6O2/c1-20-25(7-5-10-28(20)40-33-32-30(11-6-16-37-32)38-21(2)39-33)26-8-4-9-27(31(26)35)29-15-13-23(34(41-29)43-3)19-36-18-22-12-14-24(42)17-22/h4-11,13,15-16,22,36H,12,14,17-19H2,1-3H3,(H,38,39,40)/t22-/m1/s1. The Morgan fingerprint density at radius 1 is 0.953 bits per heavy atom. The average molecular weight is 593 g/mol. The van der Waals surface area contributed by atoms with Crippen molar-refractivity contribution in [2.24, 2.45) is 5.92 Å². The van der Waals surface area contributed by atoms with E-state index in [1.165, 1.54) is 0 Å². The third-order valence-corrected chi connectivity index (χ3v) is 8.35. The molecule has 2 N–H and O–H groups in total. The first-order valence-corrected chi connectivity index (χ1v) is 14.8. The van der Waals surface area contributed by atoms with Crippen LogP contribution >= 0.6 is 11.6 Å². The molecule has 9 heteroatoms. The molecular formula is C34H33ClN6O2. The van der Waals surface area contributed by atoms with Crippen LogP contribution in [0.15, 0.2) is 66.9 Å². The van der Waals surface area contributed by atoms with E-state index in [1.54, 1.807) is 13.3 Å². The quantitative estimate of drug-likeness (QED) is 0.185. The van der Waals surface area contributed by atoms with Crippen LogP contribution in [-0.2, 0) is 11.3 Å². The maximum absolute atomic E-state index is 11.6. The first-order chi connectivity index (χ1) is 20.9. The second-order valence-corrected chi connectivity index (χ2v) is 11.3. The first-order valence-electron chi connectivity index (χ1n) is 14.4. The molecule has 3 aromatic heterocycles. The lowest BCUT2D eigenvalue weighted by Crippen LogP contribution is -2.21. The van der Waals surface area contributed by atoms with E-state index in [-0.39, 0.29) is 0 Å². The average Bonchev–Trinajstić information content (AvgIpc) is 3.43. The fourth-order valence-electron chi connectivity index (χ4n) is 5.71. The number of carbonyl (C=O) groups excluding carboxylic acids is 1. The SMILES string of the molecule is COc1nc(-c2cccc(-c3cccc(Nc4nc(C)nc5cccnc45)c3C)c2Cl)ccc1CNC[C@@H]1CCC(=O)C1. The molecule has 0 bridgehead atoms. The summed E-state index contributed by atoms with van der Waals surface area (Å²) in [5.41, 5.74) is 7.84. The molecule has 218 valence electrons. The van der Waals surface area contributed by atoms with Crippen molar-refractivity contribution in [3.05, 3.63) is 88.8 Å². The van der Waals surface area contributed by atoms with Gasteiger partial charge in [0.25, 0.3) is 0 Å². The molecule has 8 nitrogen and oxygen atoms in total. The van der Waals surface area contributed by atoms with E-state index in [0.29, 0.717) is 59.1 Å². The van der Waals surface area contributed by atoms with E-state index in [9.17, 15) is 4.79 Å². The number of methoxy groups -OCH3 is 1. The minimum Gasteiger partial charge on any atom is -0.481 e. The summed E-state index contributed by atoms with van der Waals surface area (Å²) in [4.78, 5) is 30.0. The molecule has 1 saturated carbocycles. The number of fused-ring (bicyclic) bond motifs is 1. The van der Waals surface area contributed by atoms with E-state index < -0.39 is 0 Å². The van der Waals surface area contributed by atoms with Crippen LogP contribution in [0.1, 0.15) is 36.2 Å². The van der Waals surface area contributed by atoms with Gasteiger partial charge in [-0.05, 0) is 68.1 Å². The summed E-state index contributed by atoms with van der Waals surface area (Å²) >= 11 is 7.09. The Hall–Kier alpha value is -4.40. The number of benzene rings is 2. The maximum atomic E-state index is 11.6. The van der Waals surface area contributed by atoms with Gasteiger partial charge in [0.1, 0.15) is 17.1 Å². The van der Waals surface area contributed by atoms with E-state index in [1.807, 2.05) is 61.5 Å². The third-order valence-electron chi connectivity index (χ3n) is 7.95. The first kappa shape index (κ1) is 28.7. The van der Waals surface area contributed by atoms with Crippen molar-refractivity contribution in [2.75, 3.05) is 19.0 Å². The molecule has 43 heavy (non-hydrogen) atoms. The van der Waals surface area contributed by atoms with Crippen molar-refractivity contribution in [1.82, 2.24) is 25.3 Å². The van der Waals surface area contributed by atoms with Gasteiger partial charge >= 0.3 is 0 Å². The van der Waals surface area contributed by atoms with E-state index >= 15 is 0 Å². The van der Waals surface area contributed by atoms with Crippen LogP contribution in [0.3, 0.4) is 0 Å². The highest BCUT2D eigenvalue weighted by atomic mass is 35.5. The molecule has 1 fully saturated rings. The van der Waals surface area contributed by atoms with Crippen molar-refractivity contribution in [1.29, 1.82) is 0 Å². The summed E-state index contributed by atoms with van der Waals surface area (Å²) in [6, 6.07) is 19.9. The van der Waals surface area contributed by atoms with Gasteiger partial charge in [0.2, 0.25) is 5.88 Å². The number of Topliss-reactive ketones (excluding diaryl/α,β-unsaturated/α-hetero) is 1. The van der Waals surface area contributed by atoms with Crippen LogP contribution < -0.4 is 15.4 Å². The molecular weight excluding hydrogens is 560 g/mol. The zero-order valence-electron chi connectivity index (χ0n) is 24.4. The Morgan fingerprint density at radius 3 is 2.58 bits per heavy atom. The zero-order valence-corrected chi connectivity index (χ0v) is 25.2. The number of nitrogens with zero attached hydrogens (tertiary/aromatic N) is 4. The smallest absolute Gasteiger partial charge is 0.218 e. The number of aromatic nitrogens is 4. The third kappa shape index (κ3) is 6.07. The number of ether oxygens (including phenoxy) is 1. The van der Waals surface area contributed by atoms with Gasteiger partial charge in [0.05, 0.1) is 23.3 Å². The molecule has 2 aromatic carbocycles. The molecule has 3 heterocycles. The summed E-state index contributed by atoms with van der Waals surface area (Å²) < 4.78 is 5.66. The lowest BCUT2D eigenvalue weighted by molar-refractivity contribution is -0.117. The van der Waals surface area contributed by atoms with E-state index in [2.05, 4.69) is 38.6 Å². The number of nitrogens with one attached hydrogen (secondary N) is 2. The Labute approximate surface area is 255 Å². The second-order valence-electron chi connectivity index (χ2n) is 10.9. The van der Waals surface area contributed by atoms with Crippen LogP contribution in [0.5, 0.6) is 5.88 Å². The van der Waals surface area contributed by atoms with Crippen molar-refractivity contribution in [3.8, 4) is 28.3 Å². The highest BCUT2D eigenvalue weighted by Crippen LogP contribution is 2.40. The summed E-state index contributed by atoms with van der Waals surface area (Å²) in [5.74, 6) is 2.65. The largest absolute Gasteiger partial charge is 0.481 e. The molecule has 0 spiro atoms. The maximum Gasteiger partial charge on any atom is 0.218 e. The molecule has 5 aromatic rings. The number of aryl methyl sites for hydroxylation is 1. The fraction of sp³-hybridized carbons (Fsp3) is 0.265. The molecule has 1 aliphatic carbocycles. The number of halogens is 1. The van der Waals surface area contributed by atoms with Gasteiger partial charge in [-0.15, -0.1) is 0 Å². The number of carbonyl (C=O) groups is 1. The van der Waals surface area contributed by atoms with Crippen LogP contribution in [-0.4, -0.2) is 39.4 Å². The molecule has 1 atom stereocenters. The molecule has 6 rings (SSSR count). The summed E-state index contributed by atoms with van der Waals surface area (Å²) in [7, 11) is 1.63. The van der Waals surface area contributed by atoms with Gasteiger partial charge in [-0.3, -0.25) is 9.78 Å². The predicted octanol–water partition coefficient (Wildman–Crippen LogP) is 7.24. The van der Waals surface area contributed by atoms with E-state index in [0.717, 1.165) is 57.7 Å². The van der Waals surface area contributed by atoms with E-state index in [4.69, 9.17) is 21.3 Å². The summed E-state index contributed by atoms with van der Waals surface area (Å²) in [6.07, 6.45) is 4.07. The molecule has 0 saturated heterocycles. The number of ketones is 1. The Balaban J connectivity index is 1.27. The van der Waals surface area contributed by atoms with Gasteiger partial charge in [-0.25, -0.2) is 15.0 Å². The fourth-order valence-corrected chi connectivity index (χ4v) is 6.03. The van der Waals surface area contributed by atoms with Crippen molar-refractivity contribution < 1.29 is 9.53 Å². The predicted molar refractivity (Wildman–Crippen MR) is 171 cm³/mol. The number of hydrogen-bond donors (Lipinski definition) is 2. The number of anilines is 2. The molecule has 0 amide bonds. The van der Waals surface area contributed by atoms with Gasteiger partial charge in [-0.1, -0.05) is 48.0 Å². The van der Waals surface area contributed by atoms with Crippen LogP contribution in [0.4, 0.5) is 11.5 Å². The Morgan fingerprint density at radius 2 is 1.77 bits per heavy atom. The lowest BCUT2D eigenvalue weighted by Gasteiger charge is -2.17. The minimum absolute atomic E-state index is 0.361. The normalized spacial score (nSPS) is 14.8. The number of rotatable bonds is 9. The number of hydrogen-bond acceptors (Lipinski definition) is 8. The highest BCUT2D eigenvalue weighted by Gasteiger charge is 2.22. The zero-order chi connectivity index (χ0) is 29.9. The van der Waals surface area contributed by atoms with Crippen LogP contribution in [0, 0.1) is 19.8 Å². The topological polar surface area (TPSA) is 102 Å². The van der Waals surface area contributed by atoms with Crippen molar-refractivity contribution in [3.63, 3.8) is 0 Å². The van der Waals surface area contributed by atoms with Crippen molar-refractivity contribution >= 4 is 39.9 Å². The second kappa shape index (κ2) is 12.5. The van der Waals surface area contributed by atoms with Crippen LogP contribution in [0.2, 0.25) is 5.02 Å². The lowest BCUT2D eigenvalue weighted by atomic mass is 9.96. The number of pyridine rings is 2. The highest BCUT2D eigenvalue weighted by molar-refractivity contribution is 6.36. The van der Waals surface area contributed by atoms with Crippen molar-refractivity contribution in [2.45, 2.75) is 39.7 Å². The Kier molecular flexibility index (Phi) is 8.31. The van der Waals surface area contributed by atoms with Crippen LogP contribution in [0.25, 0.3) is 33.4 Å². The van der Waals surface area contributed by atoms with Gasteiger partial charge in [0.15, 0.2) is 5.82 Å². The molecule has 0 aliphatic heterocycles. The molecule has 1 aliphatic rings. The Bertz CT molecular complexity index is 1830. The molecule has 0 radical (unpaired) electrons. The van der Waals surface area contributed by atoms with Gasteiger partial charge in [-0.2, -0.15) is 0 Å². The van der Waals surface area contributed by atoms with Gasteiger partial charge < -0.3 is 15.4 Å². The summed E-state index contributed by atoms with van der Waals surface area (Å²) in [6.45, 7) is 5.36.